The SMILES string of the molecule is Cc1ccc(C(=O)NCCNCC(O)COC(C)C)cc1. The average molecular weight is 294 g/mol. The Hall–Kier alpha value is -1.43. The molecule has 1 amide bonds. The second kappa shape index (κ2) is 9.50. The summed E-state index contributed by atoms with van der Waals surface area (Å²) in [5.74, 6) is -0.0829. The second-order valence-electron chi connectivity index (χ2n) is 5.36. The van der Waals surface area contributed by atoms with Gasteiger partial charge in [0, 0.05) is 25.2 Å². The number of nitrogens with one attached hydrogen (secondary N) is 2. The Kier molecular flexibility index (Phi) is 7.97. The van der Waals surface area contributed by atoms with E-state index in [1.807, 2.05) is 45.0 Å². The van der Waals surface area contributed by atoms with Gasteiger partial charge in [0.2, 0.25) is 0 Å². The molecule has 5 heteroatoms. The molecule has 1 atom stereocenters. The molecule has 118 valence electrons. The molecule has 0 aliphatic carbocycles. The maximum atomic E-state index is 11.8. The second-order valence-corrected chi connectivity index (χ2v) is 5.36. The number of ether oxygens (including phenoxy) is 1. The summed E-state index contributed by atoms with van der Waals surface area (Å²) in [5.41, 5.74) is 1.79. The minimum Gasteiger partial charge on any atom is -0.389 e. The van der Waals surface area contributed by atoms with Gasteiger partial charge in [0.1, 0.15) is 0 Å². The molecule has 0 radical (unpaired) electrons. The highest BCUT2D eigenvalue weighted by Gasteiger charge is 2.06. The lowest BCUT2D eigenvalue weighted by Crippen LogP contribution is -2.36. The number of hydrogen-bond acceptors (Lipinski definition) is 4. The van der Waals surface area contributed by atoms with Crippen LogP contribution in [0.25, 0.3) is 0 Å². The molecule has 0 heterocycles. The lowest BCUT2D eigenvalue weighted by molar-refractivity contribution is 0.00652. The first-order valence-corrected chi connectivity index (χ1v) is 7.34. The minimum atomic E-state index is -0.528. The summed E-state index contributed by atoms with van der Waals surface area (Å²) in [7, 11) is 0. The normalized spacial score (nSPS) is 12.4. The number of hydrogen-bond donors (Lipinski definition) is 3. The van der Waals surface area contributed by atoms with Gasteiger partial charge in [0.15, 0.2) is 0 Å². The third-order valence-corrected chi connectivity index (χ3v) is 2.90. The van der Waals surface area contributed by atoms with Gasteiger partial charge in [-0.1, -0.05) is 17.7 Å². The molecule has 1 aromatic rings. The lowest BCUT2D eigenvalue weighted by atomic mass is 10.1. The maximum absolute atomic E-state index is 11.8. The van der Waals surface area contributed by atoms with E-state index in [4.69, 9.17) is 4.74 Å². The molecule has 0 saturated carbocycles. The standard InChI is InChI=1S/C16H26N2O3/c1-12(2)21-11-15(19)10-17-8-9-18-16(20)14-6-4-13(3)5-7-14/h4-7,12,15,17,19H,8-11H2,1-3H3,(H,18,20). The topological polar surface area (TPSA) is 70.6 Å². The summed E-state index contributed by atoms with van der Waals surface area (Å²) in [6, 6.07) is 7.45. The number of aliphatic hydroxyl groups is 1. The van der Waals surface area contributed by atoms with Crippen LogP contribution < -0.4 is 10.6 Å². The van der Waals surface area contributed by atoms with Crippen molar-refractivity contribution in [3.63, 3.8) is 0 Å². The number of amides is 1. The fourth-order valence-electron chi connectivity index (χ4n) is 1.70. The Balaban J connectivity index is 2.11. The summed E-state index contributed by atoms with van der Waals surface area (Å²) in [6.07, 6.45) is -0.409. The molecule has 1 aromatic carbocycles. The predicted molar refractivity (Wildman–Crippen MR) is 83.5 cm³/mol. The minimum absolute atomic E-state index is 0.0829. The van der Waals surface area contributed by atoms with E-state index in [2.05, 4.69) is 10.6 Å². The van der Waals surface area contributed by atoms with Gasteiger partial charge in [-0.05, 0) is 32.9 Å². The van der Waals surface area contributed by atoms with Crippen molar-refractivity contribution >= 4 is 5.91 Å². The average Bonchev–Trinajstić information content (AvgIpc) is 2.45. The van der Waals surface area contributed by atoms with Crippen LogP contribution in [0.1, 0.15) is 29.8 Å². The largest absolute Gasteiger partial charge is 0.389 e. The molecule has 0 aromatic heterocycles. The summed E-state index contributed by atoms with van der Waals surface area (Å²) < 4.78 is 5.31. The highest BCUT2D eigenvalue weighted by Crippen LogP contribution is 2.02. The van der Waals surface area contributed by atoms with E-state index in [9.17, 15) is 9.90 Å². The number of benzene rings is 1. The van der Waals surface area contributed by atoms with Gasteiger partial charge in [-0.3, -0.25) is 4.79 Å². The molecule has 0 saturated heterocycles. The zero-order valence-corrected chi connectivity index (χ0v) is 13.1. The third kappa shape index (κ3) is 7.80. The highest BCUT2D eigenvalue weighted by molar-refractivity contribution is 5.94. The molecule has 0 spiro atoms. The summed E-state index contributed by atoms with van der Waals surface area (Å²) in [5, 5.41) is 15.5. The molecule has 0 bridgehead atoms. The van der Waals surface area contributed by atoms with Gasteiger partial charge in [-0.25, -0.2) is 0 Å². The first-order valence-electron chi connectivity index (χ1n) is 7.34. The van der Waals surface area contributed by atoms with Crippen molar-refractivity contribution < 1.29 is 14.6 Å². The van der Waals surface area contributed by atoms with Crippen molar-refractivity contribution in [2.45, 2.75) is 33.0 Å². The highest BCUT2D eigenvalue weighted by atomic mass is 16.5. The molecular weight excluding hydrogens is 268 g/mol. The van der Waals surface area contributed by atoms with Crippen LogP contribution in [-0.2, 0) is 4.74 Å². The van der Waals surface area contributed by atoms with Crippen LogP contribution in [0.15, 0.2) is 24.3 Å². The zero-order chi connectivity index (χ0) is 15.7. The fourth-order valence-corrected chi connectivity index (χ4v) is 1.70. The van der Waals surface area contributed by atoms with E-state index in [-0.39, 0.29) is 12.0 Å². The molecule has 1 unspecified atom stereocenters. The van der Waals surface area contributed by atoms with Crippen molar-refractivity contribution in [1.82, 2.24) is 10.6 Å². The quantitative estimate of drug-likeness (QED) is 0.597. The molecule has 0 aliphatic heterocycles. The number of carbonyl (C=O) groups is 1. The van der Waals surface area contributed by atoms with Gasteiger partial charge in [-0.2, -0.15) is 0 Å². The Labute approximate surface area is 126 Å². The van der Waals surface area contributed by atoms with Crippen molar-refractivity contribution in [1.29, 1.82) is 0 Å². The van der Waals surface area contributed by atoms with Crippen molar-refractivity contribution in [2.24, 2.45) is 0 Å². The molecule has 3 N–H and O–H groups in total. The Morgan fingerprint density at radius 2 is 1.90 bits per heavy atom. The fraction of sp³-hybridized carbons (Fsp3) is 0.562. The smallest absolute Gasteiger partial charge is 0.251 e. The Morgan fingerprint density at radius 1 is 1.24 bits per heavy atom. The first kappa shape index (κ1) is 17.6. The molecular formula is C16H26N2O3. The Bertz CT molecular complexity index is 418. The van der Waals surface area contributed by atoms with Crippen LogP contribution >= 0.6 is 0 Å². The number of aliphatic hydroxyl groups excluding tert-OH is 1. The Morgan fingerprint density at radius 3 is 2.52 bits per heavy atom. The van der Waals surface area contributed by atoms with E-state index >= 15 is 0 Å². The molecule has 0 fully saturated rings. The van der Waals surface area contributed by atoms with Gasteiger partial charge in [0.25, 0.3) is 5.91 Å². The monoisotopic (exact) mass is 294 g/mol. The summed E-state index contributed by atoms with van der Waals surface area (Å²) in [4.78, 5) is 11.8. The van der Waals surface area contributed by atoms with E-state index in [0.29, 0.717) is 31.8 Å². The van der Waals surface area contributed by atoms with Gasteiger partial charge in [-0.15, -0.1) is 0 Å². The lowest BCUT2D eigenvalue weighted by Gasteiger charge is -2.14. The summed E-state index contributed by atoms with van der Waals surface area (Å²) in [6.45, 7) is 7.75. The van der Waals surface area contributed by atoms with Gasteiger partial charge in [0.05, 0.1) is 18.8 Å². The van der Waals surface area contributed by atoms with Crippen LogP contribution in [0.4, 0.5) is 0 Å². The van der Waals surface area contributed by atoms with Crippen LogP contribution in [0.3, 0.4) is 0 Å². The summed E-state index contributed by atoms with van der Waals surface area (Å²) >= 11 is 0. The van der Waals surface area contributed by atoms with Crippen molar-refractivity contribution in [3.05, 3.63) is 35.4 Å². The van der Waals surface area contributed by atoms with E-state index in [1.54, 1.807) is 0 Å². The molecule has 0 aliphatic rings. The first-order chi connectivity index (χ1) is 9.99. The number of rotatable bonds is 9. The predicted octanol–water partition coefficient (Wildman–Crippen LogP) is 1.10. The van der Waals surface area contributed by atoms with Crippen molar-refractivity contribution in [3.8, 4) is 0 Å². The van der Waals surface area contributed by atoms with Crippen LogP contribution in [-0.4, -0.2) is 49.5 Å². The molecule has 1 rings (SSSR count). The van der Waals surface area contributed by atoms with E-state index in [1.165, 1.54) is 0 Å². The van der Waals surface area contributed by atoms with Crippen LogP contribution in [0.2, 0.25) is 0 Å². The zero-order valence-electron chi connectivity index (χ0n) is 13.1. The van der Waals surface area contributed by atoms with Crippen molar-refractivity contribution in [2.75, 3.05) is 26.2 Å². The molecule has 21 heavy (non-hydrogen) atoms. The number of aryl methyl sites for hydroxylation is 1. The van der Waals surface area contributed by atoms with Gasteiger partial charge >= 0.3 is 0 Å². The van der Waals surface area contributed by atoms with Crippen LogP contribution in [0.5, 0.6) is 0 Å². The van der Waals surface area contributed by atoms with Gasteiger partial charge < -0.3 is 20.5 Å². The van der Waals surface area contributed by atoms with E-state index in [0.717, 1.165) is 5.56 Å². The number of carbonyl (C=O) groups excluding carboxylic acids is 1. The third-order valence-electron chi connectivity index (χ3n) is 2.90. The maximum Gasteiger partial charge on any atom is 0.251 e. The van der Waals surface area contributed by atoms with E-state index < -0.39 is 6.10 Å². The molecule has 5 nitrogen and oxygen atoms in total. The van der Waals surface area contributed by atoms with Crippen LogP contribution in [0, 0.1) is 6.92 Å².